The molecule has 0 bridgehead atoms. The predicted octanol–water partition coefficient (Wildman–Crippen LogP) is 1.47. The third-order valence-electron chi connectivity index (χ3n) is 2.19. The summed E-state index contributed by atoms with van der Waals surface area (Å²) in [5.74, 6) is -0.0884. The lowest BCUT2D eigenvalue weighted by Gasteiger charge is -2.04. The standard InChI is InChI=1S/C10H15BrN2O4S/c1-6(2)3-4-13-10(14)7-5-8(9(11)17-7)18(12,15)16/h5-6H,3-4H2,1-2H3,(H,13,14)(H2,12,15,16). The molecule has 0 aliphatic rings. The van der Waals surface area contributed by atoms with Crippen LogP contribution in [-0.2, 0) is 10.0 Å². The number of halogens is 1. The highest BCUT2D eigenvalue weighted by Crippen LogP contribution is 2.24. The fourth-order valence-corrected chi connectivity index (χ4v) is 2.72. The van der Waals surface area contributed by atoms with Crippen molar-refractivity contribution in [3.63, 3.8) is 0 Å². The average molecular weight is 339 g/mol. The van der Waals surface area contributed by atoms with Crippen LogP contribution in [0.5, 0.6) is 0 Å². The number of nitrogens with two attached hydrogens (primary N) is 1. The van der Waals surface area contributed by atoms with Crippen molar-refractivity contribution >= 4 is 31.9 Å². The maximum Gasteiger partial charge on any atom is 0.287 e. The van der Waals surface area contributed by atoms with Gasteiger partial charge in [-0.3, -0.25) is 4.79 Å². The van der Waals surface area contributed by atoms with Crippen LogP contribution in [0.3, 0.4) is 0 Å². The largest absolute Gasteiger partial charge is 0.443 e. The Morgan fingerprint density at radius 3 is 2.61 bits per heavy atom. The lowest BCUT2D eigenvalue weighted by molar-refractivity contribution is 0.0923. The molecule has 0 spiro atoms. The van der Waals surface area contributed by atoms with Crippen molar-refractivity contribution in [2.24, 2.45) is 11.1 Å². The van der Waals surface area contributed by atoms with Crippen LogP contribution >= 0.6 is 15.9 Å². The lowest BCUT2D eigenvalue weighted by Crippen LogP contribution is -2.24. The van der Waals surface area contributed by atoms with E-state index in [2.05, 4.69) is 21.2 Å². The van der Waals surface area contributed by atoms with Gasteiger partial charge >= 0.3 is 0 Å². The number of carbonyl (C=O) groups is 1. The minimum absolute atomic E-state index is 0.0704. The topological polar surface area (TPSA) is 102 Å². The summed E-state index contributed by atoms with van der Waals surface area (Å²) < 4.78 is 27.2. The van der Waals surface area contributed by atoms with Gasteiger partial charge in [-0.15, -0.1) is 0 Å². The Labute approximate surface area is 114 Å². The molecule has 0 aliphatic carbocycles. The SMILES string of the molecule is CC(C)CCNC(=O)c1cc(S(N)(=O)=O)c(Br)o1. The molecular weight excluding hydrogens is 324 g/mol. The first-order valence-corrected chi connectivity index (χ1v) is 7.66. The number of nitrogens with one attached hydrogen (secondary N) is 1. The van der Waals surface area contributed by atoms with E-state index in [0.717, 1.165) is 12.5 Å². The van der Waals surface area contributed by atoms with Gasteiger partial charge in [-0.1, -0.05) is 13.8 Å². The predicted molar refractivity (Wildman–Crippen MR) is 69.6 cm³/mol. The van der Waals surface area contributed by atoms with E-state index >= 15 is 0 Å². The van der Waals surface area contributed by atoms with Gasteiger partial charge in [0, 0.05) is 12.6 Å². The molecule has 1 amide bonds. The smallest absolute Gasteiger partial charge is 0.287 e. The number of primary sulfonamides is 1. The third kappa shape index (κ3) is 4.11. The molecular formula is C10H15BrN2O4S. The third-order valence-corrected chi connectivity index (χ3v) is 3.96. The van der Waals surface area contributed by atoms with Gasteiger partial charge in [0.25, 0.3) is 5.91 Å². The fourth-order valence-electron chi connectivity index (χ4n) is 1.22. The van der Waals surface area contributed by atoms with Crippen LogP contribution in [0, 0.1) is 5.92 Å². The molecule has 1 rings (SSSR count). The summed E-state index contributed by atoms with van der Waals surface area (Å²) in [5.41, 5.74) is 0. The van der Waals surface area contributed by atoms with Gasteiger partial charge in [-0.2, -0.15) is 0 Å². The summed E-state index contributed by atoms with van der Waals surface area (Å²) in [6.07, 6.45) is 0.829. The molecule has 0 saturated carbocycles. The molecule has 1 aromatic heterocycles. The van der Waals surface area contributed by atoms with Crippen LogP contribution in [0.1, 0.15) is 30.8 Å². The Bertz CT molecular complexity index is 536. The second kappa shape index (κ2) is 5.85. The Balaban J connectivity index is 2.77. The van der Waals surface area contributed by atoms with E-state index in [1.807, 2.05) is 13.8 Å². The summed E-state index contributed by atoms with van der Waals surface area (Å²) in [6.45, 7) is 4.57. The number of hydrogen-bond acceptors (Lipinski definition) is 4. The van der Waals surface area contributed by atoms with Gasteiger partial charge in [0.15, 0.2) is 10.4 Å². The molecule has 3 N–H and O–H groups in total. The van der Waals surface area contributed by atoms with Gasteiger partial charge in [-0.25, -0.2) is 13.6 Å². The van der Waals surface area contributed by atoms with Gasteiger partial charge in [-0.05, 0) is 28.3 Å². The summed E-state index contributed by atoms with van der Waals surface area (Å²) >= 11 is 2.91. The first-order valence-electron chi connectivity index (χ1n) is 5.32. The monoisotopic (exact) mass is 338 g/mol. The van der Waals surface area contributed by atoms with Gasteiger partial charge in [0.1, 0.15) is 4.90 Å². The van der Waals surface area contributed by atoms with E-state index in [1.54, 1.807) is 0 Å². The van der Waals surface area contributed by atoms with Gasteiger partial charge in [0.05, 0.1) is 0 Å². The molecule has 0 aromatic carbocycles. The van der Waals surface area contributed by atoms with E-state index in [9.17, 15) is 13.2 Å². The second-order valence-corrected chi connectivity index (χ2v) is 6.48. The van der Waals surface area contributed by atoms with Crippen molar-refractivity contribution in [2.45, 2.75) is 25.2 Å². The molecule has 0 atom stereocenters. The van der Waals surface area contributed by atoms with E-state index in [0.29, 0.717) is 12.5 Å². The van der Waals surface area contributed by atoms with Crippen molar-refractivity contribution in [1.29, 1.82) is 0 Å². The fraction of sp³-hybridized carbons (Fsp3) is 0.500. The van der Waals surface area contributed by atoms with Gasteiger partial charge in [0.2, 0.25) is 10.0 Å². The molecule has 0 saturated heterocycles. The summed E-state index contributed by atoms with van der Waals surface area (Å²) in [4.78, 5) is 11.4. The highest BCUT2D eigenvalue weighted by molar-refractivity contribution is 9.10. The van der Waals surface area contributed by atoms with E-state index in [1.165, 1.54) is 0 Å². The minimum Gasteiger partial charge on any atom is -0.443 e. The minimum atomic E-state index is -3.90. The molecule has 0 unspecified atom stereocenters. The van der Waals surface area contributed by atoms with Crippen molar-refractivity contribution in [3.8, 4) is 0 Å². The number of amides is 1. The first-order chi connectivity index (χ1) is 8.21. The number of rotatable bonds is 5. The quantitative estimate of drug-likeness (QED) is 0.848. The Morgan fingerprint density at radius 1 is 1.56 bits per heavy atom. The molecule has 0 radical (unpaired) electrons. The zero-order chi connectivity index (χ0) is 13.9. The maximum atomic E-state index is 11.7. The van der Waals surface area contributed by atoms with E-state index < -0.39 is 15.9 Å². The molecule has 1 heterocycles. The lowest BCUT2D eigenvalue weighted by atomic mass is 10.1. The van der Waals surface area contributed by atoms with E-state index in [4.69, 9.17) is 9.56 Å². The van der Waals surface area contributed by atoms with Crippen LogP contribution in [-0.4, -0.2) is 20.9 Å². The second-order valence-electron chi connectivity index (χ2n) is 4.23. The molecule has 6 nitrogen and oxygen atoms in total. The number of furan rings is 1. The van der Waals surface area contributed by atoms with Crippen molar-refractivity contribution in [2.75, 3.05) is 6.54 Å². The number of carbonyl (C=O) groups excluding carboxylic acids is 1. The van der Waals surface area contributed by atoms with Crippen LogP contribution in [0.4, 0.5) is 0 Å². The summed E-state index contributed by atoms with van der Waals surface area (Å²) in [6, 6.07) is 1.10. The maximum absolute atomic E-state index is 11.7. The number of hydrogen-bond donors (Lipinski definition) is 2. The highest BCUT2D eigenvalue weighted by Gasteiger charge is 2.21. The van der Waals surface area contributed by atoms with Crippen LogP contribution in [0.15, 0.2) is 20.0 Å². The van der Waals surface area contributed by atoms with Crippen LogP contribution in [0.2, 0.25) is 0 Å². The molecule has 18 heavy (non-hydrogen) atoms. The Morgan fingerprint density at radius 2 is 2.17 bits per heavy atom. The molecule has 0 aliphatic heterocycles. The molecule has 8 heteroatoms. The summed E-state index contributed by atoms with van der Waals surface area (Å²) in [7, 11) is -3.90. The van der Waals surface area contributed by atoms with Crippen molar-refractivity contribution < 1.29 is 17.6 Å². The average Bonchev–Trinajstić information content (AvgIpc) is 2.59. The zero-order valence-corrected chi connectivity index (χ0v) is 12.5. The Hall–Kier alpha value is -0.860. The van der Waals surface area contributed by atoms with E-state index in [-0.39, 0.29) is 15.3 Å². The first kappa shape index (κ1) is 15.2. The molecule has 0 fully saturated rings. The van der Waals surface area contributed by atoms with Gasteiger partial charge < -0.3 is 9.73 Å². The summed E-state index contributed by atoms with van der Waals surface area (Å²) in [5, 5.41) is 7.59. The zero-order valence-electron chi connectivity index (χ0n) is 10.1. The Kier molecular flexibility index (Phi) is 4.94. The number of sulfonamides is 1. The van der Waals surface area contributed by atoms with Crippen LogP contribution in [0.25, 0.3) is 0 Å². The van der Waals surface area contributed by atoms with Crippen molar-refractivity contribution in [1.82, 2.24) is 5.32 Å². The van der Waals surface area contributed by atoms with Crippen molar-refractivity contribution in [3.05, 3.63) is 16.5 Å². The normalized spacial score (nSPS) is 11.8. The van der Waals surface area contributed by atoms with Crippen LogP contribution < -0.4 is 10.5 Å². The molecule has 102 valence electrons. The molecule has 1 aromatic rings. The highest BCUT2D eigenvalue weighted by atomic mass is 79.9.